The normalized spacial score (nSPS) is 9.87. The maximum Gasteiger partial charge on any atom is 0.173 e. The maximum absolute atomic E-state index is 8.78. The third-order valence-electron chi connectivity index (χ3n) is 1.82. The van der Waals surface area contributed by atoms with Gasteiger partial charge in [-0.05, 0) is 6.07 Å². The standard InChI is InChI=1S/C9H6ClN5/c10-8-6(5-11)1-3-13-9(8)15-4-2-7(12)14-15/h1-4H,(H2,12,14). The third-order valence-corrected chi connectivity index (χ3v) is 2.19. The van der Waals surface area contributed by atoms with Crippen LogP contribution >= 0.6 is 11.6 Å². The molecule has 0 bridgehead atoms. The van der Waals surface area contributed by atoms with Gasteiger partial charge in [0.25, 0.3) is 0 Å². The zero-order valence-corrected chi connectivity index (χ0v) is 8.31. The van der Waals surface area contributed by atoms with Crippen LogP contribution in [0.5, 0.6) is 0 Å². The molecule has 0 aromatic carbocycles. The Morgan fingerprint density at radius 1 is 1.47 bits per heavy atom. The van der Waals surface area contributed by atoms with E-state index in [0.29, 0.717) is 17.2 Å². The molecule has 0 unspecified atom stereocenters. The molecule has 2 aromatic rings. The van der Waals surface area contributed by atoms with Gasteiger partial charge in [0.15, 0.2) is 5.82 Å². The van der Waals surface area contributed by atoms with Crippen molar-refractivity contribution in [3.63, 3.8) is 0 Å². The first-order valence-corrected chi connectivity index (χ1v) is 4.46. The molecule has 0 saturated carbocycles. The Bertz CT molecular complexity index is 540. The minimum atomic E-state index is 0.267. The van der Waals surface area contributed by atoms with Crippen LogP contribution < -0.4 is 5.73 Å². The van der Waals surface area contributed by atoms with Gasteiger partial charge in [-0.15, -0.1) is 5.10 Å². The molecular weight excluding hydrogens is 214 g/mol. The van der Waals surface area contributed by atoms with Crippen LogP contribution in [0.3, 0.4) is 0 Å². The summed E-state index contributed by atoms with van der Waals surface area (Å²) in [6, 6.07) is 5.13. The van der Waals surface area contributed by atoms with E-state index >= 15 is 0 Å². The Morgan fingerprint density at radius 2 is 2.27 bits per heavy atom. The second-order valence-corrected chi connectivity index (χ2v) is 3.17. The molecule has 2 N–H and O–H groups in total. The molecule has 15 heavy (non-hydrogen) atoms. The summed E-state index contributed by atoms with van der Waals surface area (Å²) < 4.78 is 1.43. The molecule has 0 aliphatic heterocycles. The molecule has 0 atom stereocenters. The van der Waals surface area contributed by atoms with Crippen molar-refractivity contribution in [2.24, 2.45) is 0 Å². The Labute approximate surface area is 90.7 Å². The van der Waals surface area contributed by atoms with E-state index in [2.05, 4.69) is 10.1 Å². The highest BCUT2D eigenvalue weighted by Gasteiger charge is 2.09. The summed E-state index contributed by atoms with van der Waals surface area (Å²) >= 11 is 5.97. The van der Waals surface area contributed by atoms with E-state index in [4.69, 9.17) is 22.6 Å². The van der Waals surface area contributed by atoms with E-state index in [-0.39, 0.29) is 5.02 Å². The third kappa shape index (κ3) is 1.63. The molecule has 74 valence electrons. The highest BCUT2D eigenvalue weighted by Crippen LogP contribution is 2.21. The number of nitrogen functional groups attached to an aromatic ring is 1. The van der Waals surface area contributed by atoms with Gasteiger partial charge in [-0.1, -0.05) is 11.6 Å². The van der Waals surface area contributed by atoms with Crippen LogP contribution in [-0.4, -0.2) is 14.8 Å². The van der Waals surface area contributed by atoms with Crippen molar-refractivity contribution in [3.8, 4) is 11.9 Å². The SMILES string of the molecule is N#Cc1ccnc(-n2ccc(N)n2)c1Cl. The summed E-state index contributed by atoms with van der Waals surface area (Å²) in [5, 5.41) is 13.0. The number of aromatic nitrogens is 3. The van der Waals surface area contributed by atoms with Gasteiger partial charge >= 0.3 is 0 Å². The second kappa shape index (κ2) is 3.59. The van der Waals surface area contributed by atoms with E-state index in [9.17, 15) is 0 Å². The average Bonchev–Trinajstić information content (AvgIpc) is 2.65. The lowest BCUT2D eigenvalue weighted by Gasteiger charge is -2.03. The first kappa shape index (κ1) is 9.49. The molecule has 2 rings (SSSR count). The Kier molecular flexibility index (Phi) is 2.27. The predicted molar refractivity (Wildman–Crippen MR) is 55.5 cm³/mol. The largest absolute Gasteiger partial charge is 0.382 e. The number of nitrogens with two attached hydrogens (primary N) is 1. The smallest absolute Gasteiger partial charge is 0.173 e. The molecule has 2 heterocycles. The van der Waals surface area contributed by atoms with Crippen LogP contribution in [-0.2, 0) is 0 Å². The number of rotatable bonds is 1. The van der Waals surface area contributed by atoms with Gasteiger partial charge in [-0.2, -0.15) is 5.26 Å². The first-order valence-electron chi connectivity index (χ1n) is 4.08. The lowest BCUT2D eigenvalue weighted by Crippen LogP contribution is -2.01. The van der Waals surface area contributed by atoms with Crippen molar-refractivity contribution in [2.75, 3.05) is 5.73 Å². The summed E-state index contributed by atoms with van der Waals surface area (Å²) in [4.78, 5) is 4.03. The Hall–Kier alpha value is -2.06. The van der Waals surface area contributed by atoms with Gasteiger partial charge in [-0.3, -0.25) is 0 Å². The average molecular weight is 220 g/mol. The fourth-order valence-electron chi connectivity index (χ4n) is 1.13. The molecule has 0 aliphatic carbocycles. The quantitative estimate of drug-likeness (QED) is 0.786. The predicted octanol–water partition coefficient (Wildman–Crippen LogP) is 1.37. The minimum Gasteiger partial charge on any atom is -0.382 e. The molecular formula is C9H6ClN5. The minimum absolute atomic E-state index is 0.267. The summed E-state index contributed by atoms with van der Waals surface area (Å²) in [6.07, 6.45) is 3.13. The van der Waals surface area contributed by atoms with Gasteiger partial charge in [-0.25, -0.2) is 9.67 Å². The van der Waals surface area contributed by atoms with Crippen LogP contribution in [0.15, 0.2) is 24.5 Å². The zero-order valence-electron chi connectivity index (χ0n) is 7.55. The van der Waals surface area contributed by atoms with Crippen molar-refractivity contribution in [3.05, 3.63) is 35.1 Å². The van der Waals surface area contributed by atoms with Gasteiger partial charge < -0.3 is 5.73 Å². The number of hydrogen-bond donors (Lipinski definition) is 1. The summed E-state index contributed by atoms with van der Waals surface area (Å²) in [7, 11) is 0. The van der Waals surface area contributed by atoms with E-state index in [0.717, 1.165) is 0 Å². The van der Waals surface area contributed by atoms with Crippen LogP contribution in [0.4, 0.5) is 5.82 Å². The van der Waals surface area contributed by atoms with Gasteiger partial charge in [0.05, 0.1) is 5.56 Å². The van der Waals surface area contributed by atoms with Crippen LogP contribution in [0.25, 0.3) is 5.82 Å². The summed E-state index contributed by atoms with van der Waals surface area (Å²) in [6.45, 7) is 0. The van der Waals surface area contributed by atoms with Gasteiger partial charge in [0, 0.05) is 18.5 Å². The lowest BCUT2D eigenvalue weighted by atomic mass is 10.3. The highest BCUT2D eigenvalue weighted by molar-refractivity contribution is 6.33. The van der Waals surface area contributed by atoms with E-state index in [1.165, 1.54) is 10.9 Å². The summed E-state index contributed by atoms with van der Waals surface area (Å²) in [5.74, 6) is 0.766. The van der Waals surface area contributed by atoms with Gasteiger partial charge in [0.2, 0.25) is 0 Å². The van der Waals surface area contributed by atoms with Crippen molar-refractivity contribution in [1.82, 2.24) is 14.8 Å². The zero-order chi connectivity index (χ0) is 10.8. The number of anilines is 1. The van der Waals surface area contributed by atoms with E-state index in [1.54, 1.807) is 18.3 Å². The monoisotopic (exact) mass is 219 g/mol. The molecule has 2 aromatic heterocycles. The fourth-order valence-corrected chi connectivity index (χ4v) is 1.38. The molecule has 5 nitrogen and oxygen atoms in total. The molecule has 0 radical (unpaired) electrons. The topological polar surface area (TPSA) is 80.5 Å². The molecule has 6 heteroatoms. The second-order valence-electron chi connectivity index (χ2n) is 2.79. The maximum atomic E-state index is 8.78. The van der Waals surface area contributed by atoms with Crippen LogP contribution in [0, 0.1) is 11.3 Å². The molecule has 0 spiro atoms. The van der Waals surface area contributed by atoms with Crippen molar-refractivity contribution in [1.29, 1.82) is 5.26 Å². The number of nitriles is 1. The number of pyridine rings is 1. The highest BCUT2D eigenvalue weighted by atomic mass is 35.5. The molecule has 0 saturated heterocycles. The molecule has 0 amide bonds. The molecule has 0 aliphatic rings. The summed E-state index contributed by atoms with van der Waals surface area (Å²) in [5.41, 5.74) is 5.83. The van der Waals surface area contributed by atoms with Crippen molar-refractivity contribution >= 4 is 17.4 Å². The van der Waals surface area contributed by atoms with Crippen molar-refractivity contribution in [2.45, 2.75) is 0 Å². The first-order chi connectivity index (χ1) is 7.22. The Morgan fingerprint density at radius 3 is 2.87 bits per heavy atom. The number of halogens is 1. The van der Waals surface area contributed by atoms with Crippen LogP contribution in [0.1, 0.15) is 5.56 Å². The number of hydrogen-bond acceptors (Lipinski definition) is 4. The number of nitrogens with zero attached hydrogens (tertiary/aromatic N) is 4. The fraction of sp³-hybridized carbons (Fsp3) is 0. The van der Waals surface area contributed by atoms with Crippen LogP contribution in [0.2, 0.25) is 5.02 Å². The van der Waals surface area contributed by atoms with Gasteiger partial charge in [0.1, 0.15) is 16.9 Å². The van der Waals surface area contributed by atoms with Crippen molar-refractivity contribution < 1.29 is 0 Å². The van der Waals surface area contributed by atoms with E-state index < -0.39 is 0 Å². The Balaban J connectivity index is 2.59. The lowest BCUT2D eigenvalue weighted by molar-refractivity contribution is 0.851. The molecule has 0 fully saturated rings. The van der Waals surface area contributed by atoms with E-state index in [1.807, 2.05) is 6.07 Å².